The van der Waals surface area contributed by atoms with Crippen molar-refractivity contribution in [2.45, 2.75) is 12.5 Å². The maximum Gasteiger partial charge on any atom is 0.161 e. The van der Waals surface area contributed by atoms with Gasteiger partial charge in [0.1, 0.15) is 5.82 Å². The predicted molar refractivity (Wildman–Crippen MR) is 66.4 cm³/mol. The van der Waals surface area contributed by atoms with E-state index in [9.17, 15) is 18.3 Å². The summed E-state index contributed by atoms with van der Waals surface area (Å²) >= 11 is 5.71. The molecule has 0 aliphatic rings. The molecule has 1 unspecified atom stereocenters. The van der Waals surface area contributed by atoms with Crippen molar-refractivity contribution in [1.82, 2.24) is 0 Å². The smallest absolute Gasteiger partial charge is 0.161 e. The van der Waals surface area contributed by atoms with Gasteiger partial charge in [-0.1, -0.05) is 23.7 Å². The van der Waals surface area contributed by atoms with Crippen LogP contribution in [0.2, 0.25) is 5.02 Å². The van der Waals surface area contributed by atoms with E-state index in [1.807, 2.05) is 0 Å². The van der Waals surface area contributed by atoms with Crippen LogP contribution in [0.15, 0.2) is 36.4 Å². The Bertz CT molecular complexity index is 584. The van der Waals surface area contributed by atoms with Crippen molar-refractivity contribution in [3.05, 3.63) is 70.0 Å². The maximum absolute atomic E-state index is 13.5. The van der Waals surface area contributed by atoms with Crippen LogP contribution in [0, 0.1) is 17.5 Å². The van der Waals surface area contributed by atoms with Gasteiger partial charge in [-0.3, -0.25) is 0 Å². The molecule has 2 aromatic rings. The fourth-order valence-corrected chi connectivity index (χ4v) is 1.87. The van der Waals surface area contributed by atoms with E-state index in [2.05, 4.69) is 0 Å². The number of benzene rings is 2. The molecule has 0 aliphatic heterocycles. The predicted octanol–water partition coefficient (Wildman–Crippen LogP) is 4.03. The SMILES string of the molecule is OC(Cc1ccc(Cl)cc1)c1cc(F)c(F)cc1F. The van der Waals surface area contributed by atoms with Gasteiger partial charge in [0.2, 0.25) is 0 Å². The number of hydrogen-bond acceptors (Lipinski definition) is 1. The lowest BCUT2D eigenvalue weighted by molar-refractivity contribution is 0.172. The Morgan fingerprint density at radius 3 is 2.16 bits per heavy atom. The van der Waals surface area contributed by atoms with Gasteiger partial charge in [0.15, 0.2) is 11.6 Å². The highest BCUT2D eigenvalue weighted by molar-refractivity contribution is 6.30. The Hall–Kier alpha value is -1.52. The first-order valence-electron chi connectivity index (χ1n) is 5.54. The molecule has 100 valence electrons. The average Bonchev–Trinajstić information content (AvgIpc) is 2.36. The minimum absolute atomic E-state index is 0.0825. The molecule has 0 heterocycles. The lowest BCUT2D eigenvalue weighted by Gasteiger charge is -2.12. The van der Waals surface area contributed by atoms with Crippen molar-refractivity contribution in [3.8, 4) is 0 Å². The van der Waals surface area contributed by atoms with Crippen molar-refractivity contribution in [3.63, 3.8) is 0 Å². The summed E-state index contributed by atoms with van der Waals surface area (Å²) in [5, 5.41) is 10.4. The van der Waals surface area contributed by atoms with Crippen molar-refractivity contribution in [2.24, 2.45) is 0 Å². The van der Waals surface area contributed by atoms with Crippen molar-refractivity contribution >= 4 is 11.6 Å². The van der Waals surface area contributed by atoms with Crippen LogP contribution in [0.5, 0.6) is 0 Å². The van der Waals surface area contributed by atoms with Gasteiger partial charge in [0.25, 0.3) is 0 Å². The van der Waals surface area contributed by atoms with Gasteiger partial charge in [0.05, 0.1) is 6.10 Å². The van der Waals surface area contributed by atoms with Gasteiger partial charge in [-0.05, 0) is 23.8 Å². The van der Waals surface area contributed by atoms with E-state index >= 15 is 0 Å². The highest BCUT2D eigenvalue weighted by atomic mass is 35.5. The molecule has 2 aromatic carbocycles. The van der Waals surface area contributed by atoms with Gasteiger partial charge in [-0.25, -0.2) is 13.2 Å². The van der Waals surface area contributed by atoms with Crippen LogP contribution >= 0.6 is 11.6 Å². The van der Waals surface area contributed by atoms with Crippen molar-refractivity contribution in [1.29, 1.82) is 0 Å². The van der Waals surface area contributed by atoms with E-state index in [-0.39, 0.29) is 12.0 Å². The standard InChI is InChI=1S/C14H10ClF3O/c15-9-3-1-8(2-4-9)5-14(19)10-6-12(17)13(18)7-11(10)16/h1-4,6-7,14,19H,5H2. The molecule has 0 spiro atoms. The molecule has 0 aromatic heterocycles. The summed E-state index contributed by atoms with van der Waals surface area (Å²) in [6.45, 7) is 0. The third-order valence-corrected chi connectivity index (χ3v) is 2.99. The van der Waals surface area contributed by atoms with E-state index < -0.39 is 23.6 Å². The minimum atomic E-state index is -1.28. The first kappa shape index (κ1) is 13.9. The van der Waals surface area contributed by atoms with Crippen molar-refractivity contribution in [2.75, 3.05) is 0 Å². The number of halogens is 4. The first-order chi connectivity index (χ1) is 8.97. The molecular weight excluding hydrogens is 277 g/mol. The highest BCUT2D eigenvalue weighted by Crippen LogP contribution is 2.24. The second kappa shape index (κ2) is 5.63. The van der Waals surface area contributed by atoms with Crippen LogP contribution in [0.1, 0.15) is 17.2 Å². The molecule has 0 amide bonds. The highest BCUT2D eigenvalue weighted by Gasteiger charge is 2.17. The maximum atomic E-state index is 13.5. The van der Waals surface area contributed by atoms with Gasteiger partial charge in [-0.2, -0.15) is 0 Å². The Kier molecular flexibility index (Phi) is 4.12. The number of rotatable bonds is 3. The Labute approximate surface area is 113 Å². The molecule has 1 N–H and O–H groups in total. The van der Waals surface area contributed by atoms with Gasteiger partial charge < -0.3 is 5.11 Å². The van der Waals surface area contributed by atoms with E-state index in [4.69, 9.17) is 11.6 Å². The van der Waals surface area contributed by atoms with Crippen molar-refractivity contribution < 1.29 is 18.3 Å². The lowest BCUT2D eigenvalue weighted by atomic mass is 10.0. The third-order valence-electron chi connectivity index (χ3n) is 2.74. The normalized spacial score (nSPS) is 12.5. The zero-order valence-corrected chi connectivity index (χ0v) is 10.5. The molecule has 0 fully saturated rings. The van der Waals surface area contributed by atoms with E-state index in [1.165, 1.54) is 0 Å². The largest absolute Gasteiger partial charge is 0.388 e. The second-order valence-corrected chi connectivity index (χ2v) is 4.57. The molecule has 0 aliphatic carbocycles. The number of aliphatic hydroxyl groups is 1. The summed E-state index contributed by atoms with van der Waals surface area (Å²) in [5.74, 6) is -3.44. The summed E-state index contributed by atoms with van der Waals surface area (Å²) in [5.41, 5.74) is 0.440. The van der Waals surface area contributed by atoms with Gasteiger partial charge >= 0.3 is 0 Å². The summed E-state index contributed by atoms with van der Waals surface area (Å²) in [7, 11) is 0. The molecule has 1 nitrogen and oxygen atoms in total. The molecule has 0 saturated carbocycles. The fourth-order valence-electron chi connectivity index (χ4n) is 1.75. The van der Waals surface area contributed by atoms with Crippen LogP contribution in [0.3, 0.4) is 0 Å². The molecule has 0 bridgehead atoms. The summed E-state index contributed by atoms with van der Waals surface area (Å²) in [4.78, 5) is 0. The minimum Gasteiger partial charge on any atom is -0.388 e. The molecule has 0 saturated heterocycles. The number of aliphatic hydroxyl groups excluding tert-OH is 1. The summed E-state index contributed by atoms with van der Waals surface area (Å²) in [6, 6.07) is 7.70. The van der Waals surface area contributed by atoms with Crippen LogP contribution in [-0.2, 0) is 6.42 Å². The lowest BCUT2D eigenvalue weighted by Crippen LogP contribution is -2.06. The van der Waals surface area contributed by atoms with Crippen LogP contribution in [0.4, 0.5) is 13.2 Å². The first-order valence-corrected chi connectivity index (χ1v) is 5.92. The quantitative estimate of drug-likeness (QED) is 0.845. The Balaban J connectivity index is 2.22. The van der Waals surface area contributed by atoms with Crippen LogP contribution in [0.25, 0.3) is 0 Å². The van der Waals surface area contributed by atoms with Crippen LogP contribution < -0.4 is 0 Å². The third kappa shape index (κ3) is 3.28. The molecular formula is C14H10ClF3O. The zero-order valence-electron chi connectivity index (χ0n) is 9.71. The van der Waals surface area contributed by atoms with Gasteiger partial charge in [0, 0.05) is 23.1 Å². The van der Waals surface area contributed by atoms with Gasteiger partial charge in [-0.15, -0.1) is 0 Å². The zero-order chi connectivity index (χ0) is 14.0. The van der Waals surface area contributed by atoms with Crippen LogP contribution in [-0.4, -0.2) is 5.11 Å². The molecule has 5 heteroatoms. The Morgan fingerprint density at radius 1 is 0.947 bits per heavy atom. The fraction of sp³-hybridized carbons (Fsp3) is 0.143. The molecule has 2 rings (SSSR count). The van der Waals surface area contributed by atoms with E-state index in [0.29, 0.717) is 22.7 Å². The monoisotopic (exact) mass is 286 g/mol. The van der Waals surface area contributed by atoms with E-state index in [0.717, 1.165) is 0 Å². The summed E-state index contributed by atoms with van der Waals surface area (Å²) in [6.07, 6.45) is -1.17. The Morgan fingerprint density at radius 2 is 1.53 bits per heavy atom. The average molecular weight is 287 g/mol. The molecule has 19 heavy (non-hydrogen) atoms. The number of hydrogen-bond donors (Lipinski definition) is 1. The summed E-state index contributed by atoms with van der Waals surface area (Å²) < 4.78 is 39.3. The second-order valence-electron chi connectivity index (χ2n) is 4.13. The van der Waals surface area contributed by atoms with E-state index in [1.54, 1.807) is 24.3 Å². The molecule has 0 radical (unpaired) electrons. The topological polar surface area (TPSA) is 20.2 Å². The molecule has 1 atom stereocenters.